The van der Waals surface area contributed by atoms with Crippen molar-refractivity contribution in [2.75, 3.05) is 11.9 Å². The standard InChI is InChI=1S/C20H20N2O2S3/c1-13-7-8-16(14(2)11-13)21-18(23)6-3-9-22-19(24)17(27-20(22)25)12-15-5-4-10-26-15/h4-5,7-8,10-12H,3,6,9H2,1-2H3,(H,21,23)/b17-12+. The smallest absolute Gasteiger partial charge is 0.266 e. The lowest BCUT2D eigenvalue weighted by Gasteiger charge is -2.14. The molecule has 0 bridgehead atoms. The number of nitrogens with zero attached hydrogens (tertiary/aromatic N) is 1. The largest absolute Gasteiger partial charge is 0.326 e. The highest BCUT2D eigenvalue weighted by atomic mass is 32.2. The van der Waals surface area contributed by atoms with Gasteiger partial charge in [0.05, 0.1) is 4.91 Å². The number of thioether (sulfide) groups is 1. The summed E-state index contributed by atoms with van der Waals surface area (Å²) in [6, 6.07) is 9.85. The van der Waals surface area contributed by atoms with Gasteiger partial charge >= 0.3 is 0 Å². The Hall–Kier alpha value is -1.96. The topological polar surface area (TPSA) is 49.4 Å². The van der Waals surface area contributed by atoms with Crippen molar-refractivity contribution in [2.45, 2.75) is 26.7 Å². The number of thiophene rings is 1. The molecule has 2 aromatic rings. The summed E-state index contributed by atoms with van der Waals surface area (Å²) >= 11 is 8.24. The van der Waals surface area contributed by atoms with Crippen molar-refractivity contribution in [3.8, 4) is 0 Å². The van der Waals surface area contributed by atoms with E-state index in [4.69, 9.17) is 12.2 Å². The molecule has 4 nitrogen and oxygen atoms in total. The van der Waals surface area contributed by atoms with Crippen LogP contribution in [0.15, 0.2) is 40.6 Å². The van der Waals surface area contributed by atoms with E-state index in [1.165, 1.54) is 11.8 Å². The first-order chi connectivity index (χ1) is 12.9. The molecular weight excluding hydrogens is 396 g/mol. The van der Waals surface area contributed by atoms with E-state index in [0.29, 0.717) is 28.6 Å². The number of nitrogens with one attached hydrogen (secondary N) is 1. The van der Waals surface area contributed by atoms with Crippen molar-refractivity contribution >= 4 is 63.2 Å². The predicted octanol–water partition coefficient (Wildman–Crippen LogP) is 4.99. The van der Waals surface area contributed by atoms with Gasteiger partial charge in [0.2, 0.25) is 5.91 Å². The van der Waals surface area contributed by atoms with E-state index in [9.17, 15) is 9.59 Å². The summed E-state index contributed by atoms with van der Waals surface area (Å²) in [5.41, 5.74) is 3.03. The minimum Gasteiger partial charge on any atom is -0.326 e. The van der Waals surface area contributed by atoms with E-state index in [1.807, 2.05) is 55.6 Å². The molecule has 1 aromatic carbocycles. The third kappa shape index (κ3) is 5.06. The molecule has 7 heteroatoms. The summed E-state index contributed by atoms with van der Waals surface area (Å²) in [4.78, 5) is 28.0. The van der Waals surface area contributed by atoms with Gasteiger partial charge in [0.15, 0.2) is 0 Å². The van der Waals surface area contributed by atoms with E-state index in [-0.39, 0.29) is 11.8 Å². The molecule has 0 saturated carbocycles. The molecule has 2 amide bonds. The fraction of sp³-hybridized carbons (Fsp3) is 0.250. The van der Waals surface area contributed by atoms with Crippen LogP contribution in [-0.4, -0.2) is 27.6 Å². The Labute approximate surface area is 172 Å². The average molecular weight is 417 g/mol. The fourth-order valence-corrected chi connectivity index (χ4v) is 4.79. The van der Waals surface area contributed by atoms with Crippen LogP contribution in [0.4, 0.5) is 5.69 Å². The molecule has 0 radical (unpaired) electrons. The summed E-state index contributed by atoms with van der Waals surface area (Å²) in [6.07, 6.45) is 2.78. The molecule has 3 rings (SSSR count). The molecule has 1 fully saturated rings. The second-order valence-corrected chi connectivity index (χ2v) is 8.97. The highest BCUT2D eigenvalue weighted by Crippen LogP contribution is 2.33. The van der Waals surface area contributed by atoms with Gasteiger partial charge in [0.1, 0.15) is 4.32 Å². The predicted molar refractivity (Wildman–Crippen MR) is 118 cm³/mol. The molecule has 2 heterocycles. The first kappa shape index (κ1) is 19.8. The van der Waals surface area contributed by atoms with Gasteiger partial charge in [-0.3, -0.25) is 14.5 Å². The normalized spacial score (nSPS) is 15.6. The van der Waals surface area contributed by atoms with Gasteiger partial charge in [-0.1, -0.05) is 47.7 Å². The van der Waals surface area contributed by atoms with Crippen LogP contribution >= 0.6 is 35.3 Å². The van der Waals surface area contributed by atoms with Gasteiger partial charge in [0, 0.05) is 23.5 Å². The zero-order chi connectivity index (χ0) is 19.4. The zero-order valence-corrected chi connectivity index (χ0v) is 17.6. The minimum atomic E-state index is -0.0758. The van der Waals surface area contributed by atoms with Crippen LogP contribution in [0.2, 0.25) is 0 Å². The van der Waals surface area contributed by atoms with Crippen molar-refractivity contribution in [3.63, 3.8) is 0 Å². The van der Waals surface area contributed by atoms with Crippen LogP contribution in [-0.2, 0) is 9.59 Å². The Morgan fingerprint density at radius 1 is 1.30 bits per heavy atom. The van der Waals surface area contributed by atoms with E-state index in [0.717, 1.165) is 21.7 Å². The second kappa shape index (κ2) is 8.82. The van der Waals surface area contributed by atoms with Crippen molar-refractivity contribution in [1.82, 2.24) is 4.90 Å². The van der Waals surface area contributed by atoms with Gasteiger partial charge in [-0.25, -0.2) is 0 Å². The quantitative estimate of drug-likeness (QED) is 0.533. The highest BCUT2D eigenvalue weighted by molar-refractivity contribution is 8.26. The zero-order valence-electron chi connectivity index (χ0n) is 15.2. The molecule has 1 aliphatic heterocycles. The maximum absolute atomic E-state index is 12.5. The van der Waals surface area contributed by atoms with Crippen LogP contribution < -0.4 is 5.32 Å². The van der Waals surface area contributed by atoms with E-state index in [2.05, 4.69) is 5.32 Å². The van der Waals surface area contributed by atoms with Crippen molar-refractivity contribution in [1.29, 1.82) is 0 Å². The second-order valence-electron chi connectivity index (χ2n) is 6.32. The molecular formula is C20H20N2O2S3. The lowest BCUT2D eigenvalue weighted by Crippen LogP contribution is -2.29. The van der Waals surface area contributed by atoms with Crippen LogP contribution in [0.3, 0.4) is 0 Å². The van der Waals surface area contributed by atoms with Gasteiger partial charge in [-0.15, -0.1) is 11.3 Å². The fourth-order valence-electron chi connectivity index (χ4n) is 2.76. The third-order valence-corrected chi connectivity index (χ3v) is 6.33. The molecule has 1 N–H and O–H groups in total. The lowest BCUT2D eigenvalue weighted by molar-refractivity contribution is -0.122. The molecule has 0 spiro atoms. The molecule has 1 aliphatic rings. The number of anilines is 1. The highest BCUT2D eigenvalue weighted by Gasteiger charge is 2.31. The Balaban J connectivity index is 1.52. The van der Waals surface area contributed by atoms with Gasteiger partial charge in [-0.2, -0.15) is 0 Å². The Morgan fingerprint density at radius 2 is 2.11 bits per heavy atom. The summed E-state index contributed by atoms with van der Waals surface area (Å²) < 4.78 is 0.553. The number of rotatable bonds is 6. The van der Waals surface area contributed by atoms with E-state index < -0.39 is 0 Å². The number of carbonyl (C=O) groups excluding carboxylic acids is 2. The van der Waals surface area contributed by atoms with Crippen LogP contribution in [0, 0.1) is 13.8 Å². The maximum Gasteiger partial charge on any atom is 0.266 e. The summed E-state index contributed by atoms with van der Waals surface area (Å²) in [7, 11) is 0. The maximum atomic E-state index is 12.5. The number of carbonyl (C=O) groups is 2. The van der Waals surface area contributed by atoms with E-state index in [1.54, 1.807) is 16.2 Å². The van der Waals surface area contributed by atoms with Gasteiger partial charge in [-0.05, 0) is 49.4 Å². The molecule has 1 saturated heterocycles. The van der Waals surface area contributed by atoms with Crippen molar-refractivity contribution in [3.05, 3.63) is 56.6 Å². The molecule has 140 valence electrons. The Morgan fingerprint density at radius 3 is 2.81 bits per heavy atom. The summed E-state index contributed by atoms with van der Waals surface area (Å²) in [5.74, 6) is -0.130. The summed E-state index contributed by atoms with van der Waals surface area (Å²) in [6.45, 7) is 4.45. The van der Waals surface area contributed by atoms with E-state index >= 15 is 0 Å². The van der Waals surface area contributed by atoms with Crippen LogP contribution in [0.5, 0.6) is 0 Å². The van der Waals surface area contributed by atoms with Crippen LogP contribution in [0.1, 0.15) is 28.8 Å². The third-order valence-electron chi connectivity index (χ3n) is 4.13. The first-order valence-corrected chi connectivity index (χ1v) is 10.7. The molecule has 0 unspecified atom stereocenters. The van der Waals surface area contributed by atoms with Gasteiger partial charge < -0.3 is 5.32 Å². The SMILES string of the molecule is Cc1ccc(NC(=O)CCCN2C(=O)/C(=C\c3cccs3)SC2=S)c(C)c1. The summed E-state index contributed by atoms with van der Waals surface area (Å²) in [5, 5.41) is 4.91. The van der Waals surface area contributed by atoms with Gasteiger partial charge in [0.25, 0.3) is 5.91 Å². The number of hydrogen-bond acceptors (Lipinski definition) is 5. The van der Waals surface area contributed by atoms with Crippen molar-refractivity contribution < 1.29 is 9.59 Å². The van der Waals surface area contributed by atoms with Crippen molar-refractivity contribution in [2.24, 2.45) is 0 Å². The number of benzene rings is 1. The molecule has 1 aromatic heterocycles. The minimum absolute atomic E-state index is 0.0541. The molecule has 27 heavy (non-hydrogen) atoms. The monoisotopic (exact) mass is 416 g/mol. The first-order valence-electron chi connectivity index (χ1n) is 8.60. The molecule has 0 aliphatic carbocycles. The lowest BCUT2D eigenvalue weighted by atomic mass is 10.1. The number of aryl methyl sites for hydroxylation is 2. The van der Waals surface area contributed by atoms with Crippen LogP contribution in [0.25, 0.3) is 6.08 Å². The molecule has 0 atom stereocenters. The number of amides is 2. The number of thiocarbonyl (C=S) groups is 1. The number of hydrogen-bond donors (Lipinski definition) is 1. The Bertz CT molecular complexity index is 904. The average Bonchev–Trinajstić information content (AvgIpc) is 3.21. The Kier molecular flexibility index (Phi) is 6.46.